The van der Waals surface area contributed by atoms with Gasteiger partial charge in [-0.25, -0.2) is 0 Å². The molecule has 0 aromatic carbocycles. The number of rotatable bonds is 17. The van der Waals surface area contributed by atoms with Crippen LogP contribution in [0.1, 0.15) is 68.2 Å². The minimum absolute atomic E-state index is 0.281. The van der Waals surface area contributed by atoms with Crippen molar-refractivity contribution in [2.24, 2.45) is 5.73 Å². The molecule has 2 N–H and O–H groups in total. The summed E-state index contributed by atoms with van der Waals surface area (Å²) < 4.78 is 54.7. The van der Waals surface area contributed by atoms with Crippen molar-refractivity contribution in [3.05, 3.63) is 0 Å². The number of carbonyl (C=O) groups excluding carboxylic acids is 10. The fourth-order valence-corrected chi connectivity index (χ4v) is 6.10. The van der Waals surface area contributed by atoms with Gasteiger partial charge in [-0.2, -0.15) is 0 Å². The van der Waals surface area contributed by atoms with Crippen LogP contribution in [0.15, 0.2) is 0 Å². The number of hydrogen-bond acceptors (Lipinski definition) is 20. The Morgan fingerprint density at radius 1 is 0.464 bits per heavy atom. The third-order valence-corrected chi connectivity index (χ3v) is 7.93. The van der Waals surface area contributed by atoms with Gasteiger partial charge in [0, 0.05) is 61.9 Å². The van der Waals surface area contributed by atoms with E-state index in [1.807, 2.05) is 0 Å². The van der Waals surface area contributed by atoms with Crippen LogP contribution in [0.4, 0.5) is 0 Å². The Hall–Kier alpha value is -5.38. The van der Waals surface area contributed by atoms with Crippen molar-refractivity contribution in [2.45, 2.75) is 129 Å². The fraction of sp³-hybridized carbons (Fsp3) is 0.706. The number of hydrogen-bond donors (Lipinski definition) is 1. The third-order valence-electron chi connectivity index (χ3n) is 7.93. The van der Waals surface area contributed by atoms with E-state index in [1.165, 1.54) is 0 Å². The summed E-state index contributed by atoms with van der Waals surface area (Å²) in [6, 6.07) is 0. The molecule has 22 nitrogen and oxygen atoms in total. The second-order valence-corrected chi connectivity index (χ2v) is 12.7. The van der Waals surface area contributed by atoms with Crippen LogP contribution in [-0.2, 0) is 95.3 Å². The van der Waals surface area contributed by atoms with Crippen LogP contribution in [0.3, 0.4) is 0 Å². The lowest BCUT2D eigenvalue weighted by molar-refractivity contribution is -0.254. The van der Waals surface area contributed by atoms with Gasteiger partial charge in [-0.1, -0.05) is 0 Å². The van der Waals surface area contributed by atoms with Gasteiger partial charge in [0.25, 0.3) is 0 Å². The highest BCUT2D eigenvalue weighted by Gasteiger charge is 2.54. The molecule has 0 aliphatic carbocycles. The SMILES string of the molecule is CC(=O)OC[C@@H]1O[C@@H](CCN(CC(N)=O)C(=O)C[C@H]2O[C@H](COC(C)=O)[C@H](OC(C)=O)[C@H](OC(C)=O)[C@H]2OC(C)=O)[C@@H](OC(C)=O)[C@H](OC(C)=O)[C@H]1OC(C)=O. The lowest BCUT2D eigenvalue weighted by Crippen LogP contribution is -2.63. The predicted molar refractivity (Wildman–Crippen MR) is 179 cm³/mol. The summed E-state index contributed by atoms with van der Waals surface area (Å²) in [5.41, 5.74) is 5.48. The van der Waals surface area contributed by atoms with Crippen molar-refractivity contribution < 1.29 is 95.3 Å². The molecule has 22 heteroatoms. The minimum Gasteiger partial charge on any atom is -0.463 e. The molecule has 0 spiro atoms. The molecule has 0 aromatic heterocycles. The van der Waals surface area contributed by atoms with Gasteiger partial charge in [0.2, 0.25) is 11.8 Å². The summed E-state index contributed by atoms with van der Waals surface area (Å²) in [5.74, 6) is -8.60. The smallest absolute Gasteiger partial charge is 0.303 e. The van der Waals surface area contributed by atoms with Crippen LogP contribution in [0.2, 0.25) is 0 Å². The number of ether oxygens (including phenoxy) is 10. The van der Waals surface area contributed by atoms with Crippen molar-refractivity contribution in [1.82, 2.24) is 4.90 Å². The van der Waals surface area contributed by atoms with Crippen LogP contribution in [0, 0.1) is 0 Å². The average molecular weight is 805 g/mol. The Balaban J connectivity index is 2.54. The van der Waals surface area contributed by atoms with Crippen LogP contribution in [-0.4, -0.2) is 152 Å². The number of primary amides is 1. The minimum atomic E-state index is -1.59. The summed E-state index contributed by atoms with van der Waals surface area (Å²) in [4.78, 5) is 124. The van der Waals surface area contributed by atoms with E-state index in [0.717, 1.165) is 60.3 Å². The van der Waals surface area contributed by atoms with E-state index in [9.17, 15) is 47.9 Å². The van der Waals surface area contributed by atoms with Gasteiger partial charge < -0.3 is 58.0 Å². The first-order valence-corrected chi connectivity index (χ1v) is 17.3. The number of amides is 2. The monoisotopic (exact) mass is 804 g/mol. The molecule has 0 aromatic rings. The largest absolute Gasteiger partial charge is 0.463 e. The molecular formula is C34H48N2O20. The van der Waals surface area contributed by atoms with E-state index >= 15 is 0 Å². The Kier molecular flexibility index (Phi) is 18.1. The molecule has 0 unspecified atom stereocenters. The van der Waals surface area contributed by atoms with Gasteiger partial charge in [-0.15, -0.1) is 0 Å². The van der Waals surface area contributed by atoms with E-state index in [1.54, 1.807) is 0 Å². The maximum absolute atomic E-state index is 14.0. The van der Waals surface area contributed by atoms with E-state index in [-0.39, 0.29) is 13.0 Å². The molecule has 0 bridgehead atoms. The molecule has 2 saturated heterocycles. The average Bonchev–Trinajstić information content (AvgIpc) is 3.04. The quantitative estimate of drug-likeness (QED) is 0.127. The first-order chi connectivity index (χ1) is 26.1. The molecule has 2 aliphatic rings. The lowest BCUT2D eigenvalue weighted by atomic mass is 9.91. The Morgan fingerprint density at radius 3 is 1.12 bits per heavy atom. The fourth-order valence-electron chi connectivity index (χ4n) is 6.10. The second-order valence-electron chi connectivity index (χ2n) is 12.7. The van der Waals surface area contributed by atoms with E-state index in [2.05, 4.69) is 0 Å². The molecule has 2 rings (SSSR count). The zero-order chi connectivity index (χ0) is 42.4. The maximum Gasteiger partial charge on any atom is 0.303 e. The highest BCUT2D eigenvalue weighted by Crippen LogP contribution is 2.33. The summed E-state index contributed by atoms with van der Waals surface area (Å²) >= 11 is 0. The highest BCUT2D eigenvalue weighted by molar-refractivity contribution is 5.84. The summed E-state index contributed by atoms with van der Waals surface area (Å²) in [7, 11) is 0. The molecule has 10 atom stereocenters. The Labute approximate surface area is 321 Å². The number of esters is 8. The van der Waals surface area contributed by atoms with Gasteiger partial charge in [-0.3, -0.25) is 47.9 Å². The van der Waals surface area contributed by atoms with Gasteiger partial charge in [0.1, 0.15) is 37.6 Å². The molecule has 2 heterocycles. The van der Waals surface area contributed by atoms with Crippen LogP contribution >= 0.6 is 0 Å². The predicted octanol–water partition coefficient (Wildman–Crippen LogP) is -1.67. The molecule has 2 aliphatic heterocycles. The number of carbonyl (C=O) groups is 10. The van der Waals surface area contributed by atoms with Crippen molar-refractivity contribution in [3.63, 3.8) is 0 Å². The molecule has 2 fully saturated rings. The van der Waals surface area contributed by atoms with Crippen molar-refractivity contribution >= 4 is 59.6 Å². The van der Waals surface area contributed by atoms with Crippen molar-refractivity contribution in [1.29, 1.82) is 0 Å². The van der Waals surface area contributed by atoms with Crippen molar-refractivity contribution in [3.8, 4) is 0 Å². The van der Waals surface area contributed by atoms with Gasteiger partial charge in [-0.05, 0) is 6.42 Å². The van der Waals surface area contributed by atoms with Crippen LogP contribution in [0.25, 0.3) is 0 Å². The summed E-state index contributed by atoms with van der Waals surface area (Å²) in [6.07, 6.45) is -15.5. The molecule has 0 saturated carbocycles. The molecule has 0 radical (unpaired) electrons. The zero-order valence-corrected chi connectivity index (χ0v) is 32.2. The second kappa shape index (κ2) is 21.6. The van der Waals surface area contributed by atoms with Gasteiger partial charge >= 0.3 is 47.8 Å². The van der Waals surface area contributed by atoms with E-state index in [0.29, 0.717) is 0 Å². The van der Waals surface area contributed by atoms with Crippen LogP contribution < -0.4 is 5.73 Å². The van der Waals surface area contributed by atoms with E-state index in [4.69, 9.17) is 53.1 Å². The number of nitrogens with zero attached hydrogens (tertiary/aromatic N) is 1. The highest BCUT2D eigenvalue weighted by atomic mass is 16.7. The lowest BCUT2D eigenvalue weighted by Gasteiger charge is -2.45. The standard InChI is InChI=1S/C34H48N2O20/c1-15(37)47-13-25-31(51-19(5)41)33(53-21(7)43)29(49-17(3)39)23(55-25)9-10-36(12-27(35)45)28(46)11-24-30(50-18(4)40)34(54-22(8)44)32(52-20(6)42)26(56-24)14-48-16(2)38/h23-26,29-34H,9-14H2,1-8H3,(H2,35,45)/t23-,24+,25-,26+,29+,30-,31-,32-,33-,34+/m0/s1. The Bertz CT molecular complexity index is 1500. The summed E-state index contributed by atoms with van der Waals surface area (Å²) in [6.45, 7) is 6.24. The molecule has 314 valence electrons. The number of nitrogens with two attached hydrogens (primary N) is 1. The van der Waals surface area contributed by atoms with Gasteiger partial charge in [0.05, 0.1) is 13.0 Å². The van der Waals surface area contributed by atoms with E-state index < -0.39 is 147 Å². The van der Waals surface area contributed by atoms with Gasteiger partial charge in [0.15, 0.2) is 36.6 Å². The molecule has 2 amide bonds. The first-order valence-electron chi connectivity index (χ1n) is 17.3. The normalized spacial score (nSPS) is 26.9. The maximum atomic E-state index is 14.0. The topological polar surface area (TPSA) is 292 Å². The molecule has 56 heavy (non-hydrogen) atoms. The zero-order valence-electron chi connectivity index (χ0n) is 32.2. The van der Waals surface area contributed by atoms with Crippen LogP contribution in [0.5, 0.6) is 0 Å². The Morgan fingerprint density at radius 2 is 0.786 bits per heavy atom. The first kappa shape index (κ1) is 46.8. The van der Waals surface area contributed by atoms with Crippen molar-refractivity contribution in [2.75, 3.05) is 26.3 Å². The molecular weight excluding hydrogens is 756 g/mol. The third kappa shape index (κ3) is 15.0. The summed E-state index contributed by atoms with van der Waals surface area (Å²) in [5, 5.41) is 0.